The number of rotatable bonds is 10. The maximum atomic E-state index is 12.5. The Balaban J connectivity index is 1.12. The van der Waals surface area contributed by atoms with Gasteiger partial charge in [-0.25, -0.2) is 4.85 Å². The number of carbonyl (C=O) groups excluding carboxylic acids is 2. The summed E-state index contributed by atoms with van der Waals surface area (Å²) in [6.45, 7) is 7.00. The fraction of sp³-hybridized carbons (Fsp3) is 0.312. The summed E-state index contributed by atoms with van der Waals surface area (Å²) in [6, 6.07) is 16.4. The molecule has 4 aromatic rings. The van der Waals surface area contributed by atoms with Gasteiger partial charge in [0.05, 0.1) is 47.8 Å². The van der Waals surface area contributed by atoms with Crippen LogP contribution in [0, 0.1) is 17.9 Å². The molecular weight excluding hydrogens is 528 g/mol. The van der Waals surface area contributed by atoms with Crippen LogP contribution in [-0.2, 0) is 35.3 Å². The number of hydrogen-bond donors (Lipinski definition) is 0. The second-order valence-electron chi connectivity index (χ2n) is 10.5. The maximum absolute atomic E-state index is 12.5. The molecule has 5 rings (SSSR count). The third kappa shape index (κ3) is 7.49. The van der Waals surface area contributed by atoms with Crippen LogP contribution >= 0.6 is 0 Å². The number of hydrogen-bond acceptors (Lipinski definition) is 9. The van der Waals surface area contributed by atoms with E-state index in [0.717, 1.165) is 37.1 Å². The maximum Gasteiger partial charge on any atom is 0.205 e. The molecule has 2 atom stereocenters. The molecule has 4 aromatic heterocycles. The van der Waals surface area contributed by atoms with Crippen LogP contribution in [0.1, 0.15) is 77.2 Å². The standard InChI is InChI=1S/C32H28N8O2/c1-34-28-8-7-25(36-20-28)15-30(42)17-27-10-12-32(40-38-27)23-4-2-3-22(13-23)31-11-9-26(37-39-31)16-29(41)14-24-6-5-21(18-33)19-35-24/h5-12,19-20,22-23H,2-4,13-17H2/t22-,23-/m0/s1. The van der Waals surface area contributed by atoms with Gasteiger partial charge in [-0.15, -0.1) is 0 Å². The lowest BCUT2D eigenvalue weighted by atomic mass is 9.78. The molecule has 0 N–H and O–H groups in total. The average molecular weight is 557 g/mol. The Morgan fingerprint density at radius 2 is 1.26 bits per heavy atom. The lowest BCUT2D eigenvalue weighted by Gasteiger charge is -2.28. The van der Waals surface area contributed by atoms with E-state index in [-0.39, 0.29) is 49.1 Å². The van der Waals surface area contributed by atoms with Crippen LogP contribution in [0.5, 0.6) is 0 Å². The molecule has 208 valence electrons. The van der Waals surface area contributed by atoms with Gasteiger partial charge in [-0.1, -0.05) is 18.6 Å². The van der Waals surface area contributed by atoms with E-state index in [1.165, 1.54) is 12.4 Å². The Bertz CT molecular complexity index is 1500. The summed E-state index contributed by atoms with van der Waals surface area (Å²) in [7, 11) is 0. The van der Waals surface area contributed by atoms with Crippen molar-refractivity contribution < 1.29 is 9.59 Å². The molecule has 10 nitrogen and oxygen atoms in total. The Kier molecular flexibility index (Phi) is 9.05. The molecule has 42 heavy (non-hydrogen) atoms. The fourth-order valence-corrected chi connectivity index (χ4v) is 5.21. The van der Waals surface area contributed by atoms with E-state index in [2.05, 4.69) is 35.2 Å². The summed E-state index contributed by atoms with van der Waals surface area (Å²) in [5.74, 6) is 0.470. The summed E-state index contributed by atoms with van der Waals surface area (Å²) < 4.78 is 0. The zero-order valence-electron chi connectivity index (χ0n) is 23.0. The number of carbonyl (C=O) groups is 2. The van der Waals surface area contributed by atoms with E-state index in [4.69, 9.17) is 11.8 Å². The molecule has 10 heteroatoms. The Morgan fingerprint density at radius 3 is 1.69 bits per heavy atom. The zero-order chi connectivity index (χ0) is 29.3. The van der Waals surface area contributed by atoms with Crippen molar-refractivity contribution in [1.82, 2.24) is 30.4 Å². The van der Waals surface area contributed by atoms with Crippen LogP contribution in [0.3, 0.4) is 0 Å². The molecule has 0 aliphatic heterocycles. The average Bonchev–Trinajstić information content (AvgIpc) is 3.02. The Hall–Kier alpha value is -5.22. The van der Waals surface area contributed by atoms with Crippen molar-refractivity contribution in [3.63, 3.8) is 0 Å². The van der Waals surface area contributed by atoms with E-state index in [1.807, 2.05) is 30.3 Å². The summed E-state index contributed by atoms with van der Waals surface area (Å²) in [4.78, 5) is 36.6. The summed E-state index contributed by atoms with van der Waals surface area (Å²) in [5.41, 5.74) is 5.25. The SMILES string of the molecule is [C-]#[N+]c1ccc(CC(=O)Cc2ccc([C@H]3CCC[C@H](c4ccc(CC(=O)Cc5ccc(C#N)cn5)nn4)C3)nn2)nc1. The molecule has 4 heterocycles. The van der Waals surface area contributed by atoms with Crippen molar-refractivity contribution in [2.24, 2.45) is 0 Å². The monoisotopic (exact) mass is 556 g/mol. The molecule has 1 aliphatic carbocycles. The van der Waals surface area contributed by atoms with Gasteiger partial charge in [0.2, 0.25) is 5.69 Å². The van der Waals surface area contributed by atoms with Gasteiger partial charge in [0.25, 0.3) is 0 Å². The molecular formula is C32H28N8O2. The molecule has 1 fully saturated rings. The van der Waals surface area contributed by atoms with Gasteiger partial charge in [0.15, 0.2) is 0 Å². The van der Waals surface area contributed by atoms with Crippen LogP contribution in [0.25, 0.3) is 4.85 Å². The molecule has 1 aliphatic rings. The predicted molar refractivity (Wildman–Crippen MR) is 152 cm³/mol. The topological polar surface area (TPSA) is 140 Å². The van der Waals surface area contributed by atoms with Crippen molar-refractivity contribution >= 4 is 17.3 Å². The second kappa shape index (κ2) is 13.4. The molecule has 0 bridgehead atoms. The van der Waals surface area contributed by atoms with E-state index in [9.17, 15) is 9.59 Å². The number of nitriles is 1. The predicted octanol–water partition coefficient (Wildman–Crippen LogP) is 4.63. The van der Waals surface area contributed by atoms with E-state index < -0.39 is 0 Å². The summed E-state index contributed by atoms with van der Waals surface area (Å²) in [6.07, 6.45) is 7.62. The number of nitrogens with zero attached hydrogens (tertiary/aromatic N) is 8. The van der Waals surface area contributed by atoms with Gasteiger partial charge in [0, 0.05) is 48.5 Å². The van der Waals surface area contributed by atoms with Crippen LogP contribution in [0.2, 0.25) is 0 Å². The minimum absolute atomic E-state index is 0.00696. The number of ketones is 2. The lowest BCUT2D eigenvalue weighted by Crippen LogP contribution is -2.17. The zero-order valence-corrected chi connectivity index (χ0v) is 23.0. The molecule has 1 saturated carbocycles. The van der Waals surface area contributed by atoms with Gasteiger partial charge >= 0.3 is 0 Å². The van der Waals surface area contributed by atoms with Crippen LogP contribution in [0.15, 0.2) is 60.9 Å². The highest BCUT2D eigenvalue weighted by Gasteiger charge is 2.27. The van der Waals surface area contributed by atoms with Crippen molar-refractivity contribution in [1.29, 1.82) is 5.26 Å². The molecule has 0 saturated heterocycles. The van der Waals surface area contributed by atoms with E-state index in [0.29, 0.717) is 34.0 Å². The van der Waals surface area contributed by atoms with Crippen LogP contribution in [0.4, 0.5) is 5.69 Å². The van der Waals surface area contributed by atoms with E-state index >= 15 is 0 Å². The number of pyridine rings is 2. The largest absolute Gasteiger partial charge is 0.299 e. The highest BCUT2D eigenvalue weighted by atomic mass is 16.1. The molecule has 0 spiro atoms. The Labute approximate surface area is 243 Å². The van der Waals surface area contributed by atoms with Crippen LogP contribution in [-0.4, -0.2) is 41.9 Å². The first kappa shape index (κ1) is 28.3. The van der Waals surface area contributed by atoms with Gasteiger partial charge in [-0.2, -0.15) is 25.7 Å². The minimum atomic E-state index is -0.0114. The number of aromatic nitrogens is 6. The smallest absolute Gasteiger partial charge is 0.205 e. The Morgan fingerprint density at radius 1 is 0.738 bits per heavy atom. The molecule has 0 aromatic carbocycles. The highest BCUT2D eigenvalue weighted by Crippen LogP contribution is 2.39. The first-order valence-electron chi connectivity index (χ1n) is 13.8. The highest BCUT2D eigenvalue weighted by molar-refractivity contribution is 5.82. The third-order valence-corrected chi connectivity index (χ3v) is 7.40. The normalized spacial score (nSPS) is 16.2. The van der Waals surface area contributed by atoms with Gasteiger partial charge in [-0.3, -0.25) is 19.6 Å². The minimum Gasteiger partial charge on any atom is -0.299 e. The van der Waals surface area contributed by atoms with Gasteiger partial charge < -0.3 is 0 Å². The van der Waals surface area contributed by atoms with Gasteiger partial charge in [-0.05, 0) is 55.7 Å². The first-order chi connectivity index (χ1) is 20.5. The second-order valence-corrected chi connectivity index (χ2v) is 10.5. The quantitative estimate of drug-likeness (QED) is 0.256. The van der Waals surface area contributed by atoms with E-state index in [1.54, 1.807) is 24.3 Å². The van der Waals surface area contributed by atoms with Crippen molar-refractivity contribution in [2.45, 2.75) is 63.2 Å². The summed E-state index contributed by atoms with van der Waals surface area (Å²) in [5, 5.41) is 26.5. The van der Waals surface area contributed by atoms with Crippen LogP contribution < -0.4 is 0 Å². The van der Waals surface area contributed by atoms with Crippen molar-refractivity contribution in [3.05, 3.63) is 112 Å². The third-order valence-electron chi connectivity index (χ3n) is 7.40. The lowest BCUT2D eigenvalue weighted by molar-refractivity contribution is -0.118. The van der Waals surface area contributed by atoms with Crippen molar-refractivity contribution in [2.75, 3.05) is 0 Å². The molecule has 0 unspecified atom stereocenters. The van der Waals surface area contributed by atoms with Crippen molar-refractivity contribution in [3.8, 4) is 6.07 Å². The van der Waals surface area contributed by atoms with Gasteiger partial charge in [0.1, 0.15) is 17.6 Å². The molecule has 0 amide bonds. The molecule has 0 radical (unpaired) electrons. The first-order valence-corrected chi connectivity index (χ1v) is 13.8. The fourth-order valence-electron chi connectivity index (χ4n) is 5.21. The number of Topliss-reactive ketones (excluding diaryl/α,β-unsaturated/α-hetero) is 2. The summed E-state index contributed by atoms with van der Waals surface area (Å²) >= 11 is 0.